The zero-order valence-corrected chi connectivity index (χ0v) is 15.7. The number of aromatic nitrogens is 1. The number of para-hydroxylation sites is 1. The summed E-state index contributed by atoms with van der Waals surface area (Å²) in [6, 6.07) is 8.07. The Morgan fingerprint density at radius 3 is 2.52 bits per heavy atom. The predicted octanol–water partition coefficient (Wildman–Crippen LogP) is 2.91. The second-order valence-corrected chi connectivity index (χ2v) is 6.21. The monoisotopic (exact) mass is 344 g/mol. The maximum Gasteiger partial charge on any atom is 0.227 e. The fourth-order valence-corrected chi connectivity index (χ4v) is 3.06. The van der Waals surface area contributed by atoms with E-state index in [1.165, 1.54) is 0 Å². The standard InChI is InChI=1S/C20H28N2O3/c1-15-17-8-5-6-9-19(17)21-16(2)18(15)14-20(23)22(11-13-25-4)10-7-12-24-3/h5-6,8-9H,7,10-14H2,1-4H3. The minimum atomic E-state index is 0.108. The molecule has 2 rings (SSSR count). The van der Waals surface area contributed by atoms with Crippen LogP contribution < -0.4 is 0 Å². The zero-order valence-electron chi connectivity index (χ0n) is 15.7. The Hall–Kier alpha value is -1.98. The minimum Gasteiger partial charge on any atom is -0.385 e. The molecule has 25 heavy (non-hydrogen) atoms. The first-order valence-corrected chi connectivity index (χ1v) is 8.69. The molecule has 0 aliphatic heterocycles. The molecule has 0 aliphatic rings. The first-order chi connectivity index (χ1) is 12.1. The van der Waals surface area contributed by atoms with Gasteiger partial charge in [-0.2, -0.15) is 0 Å². The molecular weight excluding hydrogens is 316 g/mol. The van der Waals surface area contributed by atoms with Crippen LogP contribution in [0.2, 0.25) is 0 Å². The predicted molar refractivity (Wildman–Crippen MR) is 99.9 cm³/mol. The van der Waals surface area contributed by atoms with Crippen molar-refractivity contribution in [1.29, 1.82) is 0 Å². The van der Waals surface area contributed by atoms with Crippen molar-refractivity contribution in [3.63, 3.8) is 0 Å². The van der Waals surface area contributed by atoms with Crippen LogP contribution in [-0.2, 0) is 20.7 Å². The van der Waals surface area contributed by atoms with Crippen molar-refractivity contribution in [3.05, 3.63) is 41.1 Å². The van der Waals surface area contributed by atoms with Crippen LogP contribution in [0.5, 0.6) is 0 Å². The summed E-state index contributed by atoms with van der Waals surface area (Å²) in [5, 5.41) is 1.11. The van der Waals surface area contributed by atoms with Crippen molar-refractivity contribution in [2.24, 2.45) is 0 Å². The van der Waals surface area contributed by atoms with Gasteiger partial charge < -0.3 is 14.4 Å². The number of ether oxygens (including phenoxy) is 2. The molecule has 0 fully saturated rings. The number of nitrogens with zero attached hydrogens (tertiary/aromatic N) is 2. The average molecular weight is 344 g/mol. The molecule has 5 heteroatoms. The molecule has 0 unspecified atom stereocenters. The summed E-state index contributed by atoms with van der Waals surface area (Å²) in [6.07, 6.45) is 1.19. The lowest BCUT2D eigenvalue weighted by Gasteiger charge is -2.23. The van der Waals surface area contributed by atoms with E-state index in [1.807, 2.05) is 30.0 Å². The molecule has 0 N–H and O–H groups in total. The smallest absolute Gasteiger partial charge is 0.227 e. The summed E-state index contributed by atoms with van der Waals surface area (Å²) in [5.74, 6) is 0.108. The van der Waals surface area contributed by atoms with E-state index in [1.54, 1.807) is 14.2 Å². The largest absolute Gasteiger partial charge is 0.385 e. The van der Waals surface area contributed by atoms with E-state index in [-0.39, 0.29) is 5.91 Å². The number of carbonyl (C=O) groups is 1. The second-order valence-electron chi connectivity index (χ2n) is 6.21. The molecule has 1 amide bonds. The lowest BCUT2D eigenvalue weighted by molar-refractivity contribution is -0.131. The molecule has 1 aromatic heterocycles. The van der Waals surface area contributed by atoms with Gasteiger partial charge in [-0.1, -0.05) is 18.2 Å². The molecule has 2 aromatic rings. The topological polar surface area (TPSA) is 51.7 Å². The normalized spacial score (nSPS) is 11.0. The highest BCUT2D eigenvalue weighted by molar-refractivity contribution is 5.86. The number of methoxy groups -OCH3 is 2. The Kier molecular flexibility index (Phi) is 7.34. The molecule has 5 nitrogen and oxygen atoms in total. The van der Waals surface area contributed by atoms with E-state index in [0.717, 1.165) is 34.1 Å². The molecular formula is C20H28N2O3. The van der Waals surface area contributed by atoms with Crippen LogP contribution in [0.4, 0.5) is 0 Å². The van der Waals surface area contributed by atoms with Gasteiger partial charge in [0, 0.05) is 45.0 Å². The summed E-state index contributed by atoms with van der Waals surface area (Å²) >= 11 is 0. The number of carbonyl (C=O) groups excluding carboxylic acids is 1. The van der Waals surface area contributed by atoms with Crippen LogP contribution in [0.25, 0.3) is 10.9 Å². The molecule has 1 heterocycles. The summed E-state index contributed by atoms with van der Waals surface area (Å²) in [7, 11) is 3.33. The van der Waals surface area contributed by atoms with Gasteiger partial charge in [0.25, 0.3) is 0 Å². The summed E-state index contributed by atoms with van der Waals surface area (Å²) in [4.78, 5) is 19.4. The van der Waals surface area contributed by atoms with Crippen LogP contribution in [0, 0.1) is 13.8 Å². The van der Waals surface area contributed by atoms with Crippen molar-refractivity contribution in [2.75, 3.05) is 40.5 Å². The lowest BCUT2D eigenvalue weighted by Crippen LogP contribution is -2.36. The van der Waals surface area contributed by atoms with Crippen LogP contribution in [0.3, 0.4) is 0 Å². The van der Waals surface area contributed by atoms with Gasteiger partial charge in [0.15, 0.2) is 0 Å². The number of hydrogen-bond donors (Lipinski definition) is 0. The SMILES string of the molecule is COCCCN(CCOC)C(=O)Cc1c(C)nc2ccccc2c1C. The molecule has 0 spiro atoms. The first kappa shape index (κ1) is 19.3. The van der Waals surface area contributed by atoms with Gasteiger partial charge in [0.2, 0.25) is 5.91 Å². The third kappa shape index (κ3) is 5.00. The Morgan fingerprint density at radius 2 is 1.80 bits per heavy atom. The molecule has 0 aliphatic carbocycles. The molecule has 0 saturated carbocycles. The minimum absolute atomic E-state index is 0.108. The van der Waals surface area contributed by atoms with Gasteiger partial charge in [-0.3, -0.25) is 9.78 Å². The van der Waals surface area contributed by atoms with Crippen LogP contribution in [-0.4, -0.2) is 56.3 Å². The van der Waals surface area contributed by atoms with Gasteiger partial charge in [-0.05, 0) is 37.5 Å². The number of hydrogen-bond acceptors (Lipinski definition) is 4. The molecule has 0 atom stereocenters. The van der Waals surface area contributed by atoms with Gasteiger partial charge in [-0.15, -0.1) is 0 Å². The molecule has 0 bridgehead atoms. The van der Waals surface area contributed by atoms with Gasteiger partial charge in [-0.25, -0.2) is 0 Å². The Morgan fingerprint density at radius 1 is 1.08 bits per heavy atom. The van der Waals surface area contributed by atoms with Crippen LogP contribution in [0.15, 0.2) is 24.3 Å². The number of pyridine rings is 1. The maximum atomic E-state index is 12.9. The van der Waals surface area contributed by atoms with Crippen molar-refractivity contribution in [1.82, 2.24) is 9.88 Å². The van der Waals surface area contributed by atoms with E-state index in [2.05, 4.69) is 18.0 Å². The number of aryl methyl sites for hydroxylation is 2. The van der Waals surface area contributed by atoms with Crippen LogP contribution in [0.1, 0.15) is 23.2 Å². The van der Waals surface area contributed by atoms with Crippen molar-refractivity contribution in [3.8, 4) is 0 Å². The highest BCUT2D eigenvalue weighted by atomic mass is 16.5. The van der Waals surface area contributed by atoms with Crippen molar-refractivity contribution < 1.29 is 14.3 Å². The average Bonchev–Trinajstić information content (AvgIpc) is 2.61. The second kappa shape index (κ2) is 9.49. The van der Waals surface area contributed by atoms with Gasteiger partial charge >= 0.3 is 0 Å². The van der Waals surface area contributed by atoms with Crippen molar-refractivity contribution in [2.45, 2.75) is 26.7 Å². The number of rotatable bonds is 9. The van der Waals surface area contributed by atoms with E-state index >= 15 is 0 Å². The molecule has 0 radical (unpaired) electrons. The van der Waals surface area contributed by atoms with Crippen LogP contribution >= 0.6 is 0 Å². The van der Waals surface area contributed by atoms with Gasteiger partial charge in [0.05, 0.1) is 18.5 Å². The highest BCUT2D eigenvalue weighted by Gasteiger charge is 2.18. The summed E-state index contributed by atoms with van der Waals surface area (Å²) in [6.45, 7) is 6.50. The van der Waals surface area contributed by atoms with E-state index < -0.39 is 0 Å². The Bertz CT molecular complexity index is 715. The number of amides is 1. The Balaban J connectivity index is 2.20. The third-order valence-corrected chi connectivity index (χ3v) is 4.51. The first-order valence-electron chi connectivity index (χ1n) is 8.69. The summed E-state index contributed by atoms with van der Waals surface area (Å²) < 4.78 is 10.2. The summed E-state index contributed by atoms with van der Waals surface area (Å²) in [5.41, 5.74) is 4.07. The van der Waals surface area contributed by atoms with E-state index in [0.29, 0.717) is 32.7 Å². The quantitative estimate of drug-likeness (QED) is 0.656. The molecule has 1 aromatic carbocycles. The third-order valence-electron chi connectivity index (χ3n) is 4.51. The number of benzene rings is 1. The maximum absolute atomic E-state index is 12.9. The van der Waals surface area contributed by atoms with E-state index in [4.69, 9.17) is 9.47 Å². The number of fused-ring (bicyclic) bond motifs is 1. The zero-order chi connectivity index (χ0) is 18.2. The molecule has 136 valence electrons. The fourth-order valence-electron chi connectivity index (χ4n) is 3.06. The fraction of sp³-hybridized carbons (Fsp3) is 0.500. The van der Waals surface area contributed by atoms with E-state index in [9.17, 15) is 4.79 Å². The Labute approximate surface area is 149 Å². The van der Waals surface area contributed by atoms with Crippen molar-refractivity contribution >= 4 is 16.8 Å². The molecule has 0 saturated heterocycles. The lowest BCUT2D eigenvalue weighted by atomic mass is 9.99. The van der Waals surface area contributed by atoms with Gasteiger partial charge in [0.1, 0.15) is 0 Å². The highest BCUT2D eigenvalue weighted by Crippen LogP contribution is 2.23.